The Morgan fingerprint density at radius 3 is 2.81 bits per heavy atom. The molecule has 0 aliphatic carbocycles. The Bertz CT molecular complexity index is 380. The van der Waals surface area contributed by atoms with E-state index >= 15 is 0 Å². The van der Waals surface area contributed by atoms with Gasteiger partial charge in [0.15, 0.2) is 0 Å². The molecule has 1 rings (SSSR count). The number of halogens is 3. The molecule has 0 heterocycles. The highest BCUT2D eigenvalue weighted by molar-refractivity contribution is 9.10. The van der Waals surface area contributed by atoms with E-state index in [1.807, 2.05) is 6.92 Å². The molecule has 0 aliphatic heterocycles. The summed E-state index contributed by atoms with van der Waals surface area (Å²) < 4.78 is 0.730. The fourth-order valence-electron chi connectivity index (χ4n) is 1.19. The number of alkyl halides is 1. The minimum absolute atomic E-state index is 0.127. The summed E-state index contributed by atoms with van der Waals surface area (Å²) in [5, 5.41) is 4.10. The van der Waals surface area contributed by atoms with Gasteiger partial charge in [0.1, 0.15) is 0 Å². The van der Waals surface area contributed by atoms with Crippen molar-refractivity contribution >= 4 is 49.4 Å². The Hall–Kier alpha value is -0.0600. The lowest BCUT2D eigenvalue weighted by atomic mass is 10.2. The highest BCUT2D eigenvalue weighted by atomic mass is 79.9. The number of hydrogen-bond acceptors (Lipinski definition) is 1. The minimum Gasteiger partial charge on any atom is -0.348 e. The second kappa shape index (κ2) is 6.62. The van der Waals surface area contributed by atoms with Gasteiger partial charge < -0.3 is 5.32 Å². The summed E-state index contributed by atoms with van der Waals surface area (Å²) in [6, 6.07) is 5.44. The topological polar surface area (TPSA) is 29.1 Å². The number of hydrogen-bond donors (Lipinski definition) is 1. The van der Waals surface area contributed by atoms with Crippen molar-refractivity contribution < 1.29 is 4.79 Å². The van der Waals surface area contributed by atoms with Gasteiger partial charge >= 0.3 is 0 Å². The van der Waals surface area contributed by atoms with Gasteiger partial charge in [-0.1, -0.05) is 40.5 Å². The molecular formula is C11H12Br2ClNO. The Morgan fingerprint density at radius 2 is 2.25 bits per heavy atom. The zero-order chi connectivity index (χ0) is 12.1. The third-order valence-corrected chi connectivity index (χ3v) is 4.29. The number of rotatable bonds is 4. The van der Waals surface area contributed by atoms with Gasteiger partial charge in [-0.25, -0.2) is 0 Å². The van der Waals surface area contributed by atoms with E-state index < -0.39 is 0 Å². The minimum atomic E-state index is -0.141. The van der Waals surface area contributed by atoms with Gasteiger partial charge in [0.25, 0.3) is 5.91 Å². The molecule has 16 heavy (non-hydrogen) atoms. The summed E-state index contributed by atoms with van der Waals surface area (Å²) in [5.41, 5.74) is 0.496. The van der Waals surface area contributed by atoms with Gasteiger partial charge in [-0.2, -0.15) is 0 Å². The Balaban J connectivity index is 2.84. The van der Waals surface area contributed by atoms with Crippen LogP contribution in [0.25, 0.3) is 0 Å². The molecule has 0 spiro atoms. The van der Waals surface area contributed by atoms with Crippen molar-refractivity contribution in [3.63, 3.8) is 0 Å². The molecule has 0 saturated heterocycles. The zero-order valence-electron chi connectivity index (χ0n) is 8.77. The summed E-state index contributed by atoms with van der Waals surface area (Å²) in [4.78, 5) is 11.9. The van der Waals surface area contributed by atoms with E-state index in [2.05, 4.69) is 37.2 Å². The van der Waals surface area contributed by atoms with Crippen LogP contribution in [0.15, 0.2) is 22.7 Å². The fourth-order valence-corrected chi connectivity index (χ4v) is 2.39. The monoisotopic (exact) mass is 367 g/mol. The first-order chi connectivity index (χ1) is 7.60. The van der Waals surface area contributed by atoms with Crippen LogP contribution in [-0.2, 0) is 0 Å². The van der Waals surface area contributed by atoms with Crippen molar-refractivity contribution in [3.8, 4) is 0 Å². The number of nitrogens with one attached hydrogen (secondary N) is 1. The van der Waals surface area contributed by atoms with Gasteiger partial charge in [-0.05, 0) is 34.5 Å². The molecule has 1 aromatic carbocycles. The molecule has 0 aliphatic rings. The van der Waals surface area contributed by atoms with Crippen LogP contribution < -0.4 is 5.32 Å². The summed E-state index contributed by atoms with van der Waals surface area (Å²) in [6.45, 7) is 2.02. The molecule has 0 radical (unpaired) electrons. The van der Waals surface area contributed by atoms with Crippen LogP contribution >= 0.6 is 43.5 Å². The predicted molar refractivity (Wildman–Crippen MR) is 74.5 cm³/mol. The average molecular weight is 369 g/mol. The second-order valence-corrected chi connectivity index (χ2v) is 5.21. The molecule has 1 amide bonds. The molecule has 2 nitrogen and oxygen atoms in total. The number of carbonyl (C=O) groups excluding carboxylic acids is 1. The first kappa shape index (κ1) is 14.0. The molecule has 1 unspecified atom stereocenters. The van der Waals surface area contributed by atoms with Crippen LogP contribution in [0.4, 0.5) is 0 Å². The largest absolute Gasteiger partial charge is 0.348 e. The van der Waals surface area contributed by atoms with Crippen LogP contribution in [0.3, 0.4) is 0 Å². The number of benzene rings is 1. The average Bonchev–Trinajstić information content (AvgIpc) is 2.29. The lowest BCUT2D eigenvalue weighted by Gasteiger charge is -2.14. The lowest BCUT2D eigenvalue weighted by molar-refractivity contribution is 0.0940. The van der Waals surface area contributed by atoms with Crippen LogP contribution in [0.1, 0.15) is 23.7 Å². The molecule has 0 fully saturated rings. The van der Waals surface area contributed by atoms with Crippen LogP contribution in [0.2, 0.25) is 5.02 Å². The molecule has 1 aromatic rings. The van der Waals surface area contributed by atoms with E-state index in [0.29, 0.717) is 10.6 Å². The van der Waals surface area contributed by atoms with Gasteiger partial charge in [0, 0.05) is 15.8 Å². The third-order valence-electron chi connectivity index (χ3n) is 2.21. The van der Waals surface area contributed by atoms with E-state index in [1.54, 1.807) is 18.2 Å². The van der Waals surface area contributed by atoms with Crippen LogP contribution in [0, 0.1) is 0 Å². The first-order valence-corrected chi connectivity index (χ1v) is 7.20. The molecular weight excluding hydrogens is 357 g/mol. The van der Waals surface area contributed by atoms with Crippen LogP contribution in [-0.4, -0.2) is 17.3 Å². The summed E-state index contributed by atoms with van der Waals surface area (Å²) >= 11 is 12.7. The van der Waals surface area contributed by atoms with E-state index in [-0.39, 0.29) is 11.9 Å². The fraction of sp³-hybridized carbons (Fsp3) is 0.364. The lowest BCUT2D eigenvalue weighted by Crippen LogP contribution is -2.35. The van der Waals surface area contributed by atoms with Crippen molar-refractivity contribution in [2.45, 2.75) is 19.4 Å². The quantitative estimate of drug-likeness (QED) is 0.799. The van der Waals surface area contributed by atoms with E-state index in [0.717, 1.165) is 16.2 Å². The molecule has 1 N–H and O–H groups in total. The zero-order valence-corrected chi connectivity index (χ0v) is 12.7. The maximum atomic E-state index is 11.9. The Kier molecular flexibility index (Phi) is 5.79. The summed E-state index contributed by atoms with van der Waals surface area (Å²) in [7, 11) is 0. The molecule has 0 aromatic heterocycles. The highest BCUT2D eigenvalue weighted by Crippen LogP contribution is 2.25. The Labute approximate surface area is 117 Å². The van der Waals surface area contributed by atoms with Crippen molar-refractivity contribution in [1.29, 1.82) is 0 Å². The van der Waals surface area contributed by atoms with Gasteiger partial charge in [0.05, 0.1) is 10.6 Å². The van der Waals surface area contributed by atoms with Crippen molar-refractivity contribution in [2.24, 2.45) is 0 Å². The van der Waals surface area contributed by atoms with E-state index in [1.165, 1.54) is 0 Å². The standard InChI is InChI=1S/C11H12Br2ClNO/c1-2-7(6-12)15-11(16)8-4-3-5-9(13)10(8)14/h3-5,7H,2,6H2,1H3,(H,15,16). The molecule has 0 saturated carbocycles. The molecule has 1 atom stereocenters. The third kappa shape index (κ3) is 3.47. The smallest absolute Gasteiger partial charge is 0.253 e. The van der Waals surface area contributed by atoms with Gasteiger partial charge in [-0.3, -0.25) is 4.79 Å². The highest BCUT2D eigenvalue weighted by Gasteiger charge is 2.15. The van der Waals surface area contributed by atoms with E-state index in [9.17, 15) is 4.79 Å². The molecule has 5 heteroatoms. The maximum Gasteiger partial charge on any atom is 0.253 e. The van der Waals surface area contributed by atoms with Gasteiger partial charge in [0.2, 0.25) is 0 Å². The molecule has 88 valence electrons. The van der Waals surface area contributed by atoms with Crippen molar-refractivity contribution in [2.75, 3.05) is 5.33 Å². The van der Waals surface area contributed by atoms with Gasteiger partial charge in [-0.15, -0.1) is 0 Å². The number of amides is 1. The normalized spacial score (nSPS) is 12.2. The summed E-state index contributed by atoms with van der Waals surface area (Å²) in [5.74, 6) is -0.141. The maximum absolute atomic E-state index is 11.9. The Morgan fingerprint density at radius 1 is 1.56 bits per heavy atom. The molecule has 0 bridgehead atoms. The second-order valence-electron chi connectivity index (χ2n) is 3.33. The first-order valence-electron chi connectivity index (χ1n) is 4.91. The van der Waals surface area contributed by atoms with Crippen LogP contribution in [0.5, 0.6) is 0 Å². The van der Waals surface area contributed by atoms with Crippen molar-refractivity contribution in [3.05, 3.63) is 33.3 Å². The number of carbonyl (C=O) groups is 1. The predicted octanol–water partition coefficient (Wildman–Crippen LogP) is 4.01. The van der Waals surface area contributed by atoms with E-state index in [4.69, 9.17) is 11.6 Å². The van der Waals surface area contributed by atoms with Crippen molar-refractivity contribution in [1.82, 2.24) is 5.32 Å². The summed E-state index contributed by atoms with van der Waals surface area (Å²) in [6.07, 6.45) is 0.878. The SMILES string of the molecule is CCC(CBr)NC(=O)c1cccc(Br)c1Cl.